The van der Waals surface area contributed by atoms with Crippen LogP contribution in [0.2, 0.25) is 0 Å². The third-order valence-corrected chi connectivity index (χ3v) is 6.23. The largest absolute Gasteiger partial charge is 0.327 e. The molecule has 2 N–H and O–H groups in total. The molecule has 108 valence electrons. The van der Waals surface area contributed by atoms with Crippen LogP contribution in [-0.2, 0) is 5.41 Å². The molecule has 0 spiro atoms. The highest BCUT2D eigenvalue weighted by atomic mass is 15.1. The lowest BCUT2D eigenvalue weighted by atomic mass is 9.75. The van der Waals surface area contributed by atoms with E-state index in [0.717, 1.165) is 11.8 Å². The minimum Gasteiger partial charge on any atom is -0.327 e. The van der Waals surface area contributed by atoms with Gasteiger partial charge in [-0.1, -0.05) is 24.3 Å². The van der Waals surface area contributed by atoms with E-state index in [2.05, 4.69) is 36.1 Å². The molecule has 1 aliphatic carbocycles. The predicted molar refractivity (Wildman–Crippen MR) is 82.9 cm³/mol. The zero-order valence-electron chi connectivity index (χ0n) is 12.5. The average molecular weight is 270 g/mol. The van der Waals surface area contributed by atoms with E-state index < -0.39 is 0 Å². The summed E-state index contributed by atoms with van der Waals surface area (Å²) in [5.74, 6) is 1.70. The van der Waals surface area contributed by atoms with Gasteiger partial charge in [0.05, 0.1) is 0 Å². The van der Waals surface area contributed by atoms with Crippen LogP contribution in [0.3, 0.4) is 0 Å². The van der Waals surface area contributed by atoms with Crippen LogP contribution in [0, 0.1) is 5.92 Å². The fourth-order valence-corrected chi connectivity index (χ4v) is 4.55. The first kappa shape index (κ1) is 12.8. The van der Waals surface area contributed by atoms with Gasteiger partial charge in [0, 0.05) is 18.0 Å². The van der Waals surface area contributed by atoms with Crippen LogP contribution in [0.5, 0.6) is 0 Å². The maximum atomic E-state index is 6.19. The maximum absolute atomic E-state index is 6.19. The molecule has 5 rings (SSSR count). The van der Waals surface area contributed by atoms with Crippen molar-refractivity contribution in [2.45, 2.75) is 50.0 Å². The molecule has 4 aliphatic rings. The number of hydrogen-bond donors (Lipinski definition) is 1. The minimum absolute atomic E-state index is 0.283. The van der Waals surface area contributed by atoms with Gasteiger partial charge in [0.25, 0.3) is 0 Å². The Morgan fingerprint density at radius 1 is 1.15 bits per heavy atom. The molecule has 1 aromatic rings. The summed E-state index contributed by atoms with van der Waals surface area (Å²) in [6, 6.07) is 9.80. The molecule has 0 radical (unpaired) electrons. The summed E-state index contributed by atoms with van der Waals surface area (Å²) in [6.45, 7) is 6.09. The van der Waals surface area contributed by atoms with Gasteiger partial charge in [-0.05, 0) is 68.7 Å². The van der Waals surface area contributed by atoms with Crippen molar-refractivity contribution in [2.75, 3.05) is 19.6 Å². The molecule has 3 saturated heterocycles. The highest BCUT2D eigenvalue weighted by Crippen LogP contribution is 2.50. The first-order valence-electron chi connectivity index (χ1n) is 8.27. The van der Waals surface area contributed by atoms with Gasteiger partial charge < -0.3 is 10.6 Å². The lowest BCUT2D eigenvalue weighted by Crippen LogP contribution is -2.46. The Morgan fingerprint density at radius 3 is 2.25 bits per heavy atom. The number of fused-ring (bicyclic) bond motifs is 3. The van der Waals surface area contributed by atoms with Gasteiger partial charge in [-0.25, -0.2) is 0 Å². The van der Waals surface area contributed by atoms with E-state index in [9.17, 15) is 0 Å². The molecule has 0 amide bonds. The predicted octanol–water partition coefficient (Wildman–Crippen LogP) is 2.87. The third kappa shape index (κ3) is 1.93. The first-order chi connectivity index (χ1) is 9.69. The molecule has 2 bridgehead atoms. The van der Waals surface area contributed by atoms with Crippen LogP contribution < -0.4 is 5.73 Å². The van der Waals surface area contributed by atoms with Gasteiger partial charge in [0.2, 0.25) is 0 Å². The van der Waals surface area contributed by atoms with Crippen LogP contribution in [0.15, 0.2) is 24.3 Å². The van der Waals surface area contributed by atoms with Crippen LogP contribution in [0.4, 0.5) is 0 Å². The Bertz CT molecular complexity index is 479. The van der Waals surface area contributed by atoms with E-state index in [-0.39, 0.29) is 6.04 Å². The summed E-state index contributed by atoms with van der Waals surface area (Å²) < 4.78 is 0. The molecule has 2 heteroatoms. The van der Waals surface area contributed by atoms with Crippen molar-refractivity contribution in [3.63, 3.8) is 0 Å². The van der Waals surface area contributed by atoms with E-state index in [1.54, 1.807) is 5.56 Å². The van der Waals surface area contributed by atoms with Crippen LogP contribution >= 0.6 is 0 Å². The molecule has 4 fully saturated rings. The Kier molecular flexibility index (Phi) is 2.94. The highest BCUT2D eigenvalue weighted by Gasteiger charge is 2.47. The molecular weight excluding hydrogens is 244 g/mol. The zero-order chi connectivity index (χ0) is 13.7. The summed E-state index contributed by atoms with van der Waals surface area (Å²) in [4.78, 5) is 2.64. The number of benzene rings is 1. The van der Waals surface area contributed by atoms with Crippen molar-refractivity contribution < 1.29 is 0 Å². The summed E-state index contributed by atoms with van der Waals surface area (Å²) in [7, 11) is 0. The zero-order valence-corrected chi connectivity index (χ0v) is 12.5. The molecule has 1 saturated carbocycles. The van der Waals surface area contributed by atoms with Gasteiger partial charge in [0.1, 0.15) is 0 Å². The molecule has 20 heavy (non-hydrogen) atoms. The molecule has 3 aliphatic heterocycles. The van der Waals surface area contributed by atoms with Gasteiger partial charge in [-0.15, -0.1) is 0 Å². The Labute approximate surface area is 122 Å². The normalized spacial score (nSPS) is 35.8. The molecule has 0 aromatic heterocycles. The number of rotatable bonds is 3. The SMILES string of the molecule is CC(N)C1(c2ccc(C3CN4CCC3CC4)cc2)CC1. The van der Waals surface area contributed by atoms with E-state index in [1.165, 1.54) is 50.9 Å². The lowest BCUT2D eigenvalue weighted by Gasteiger charge is -2.45. The average Bonchev–Trinajstić information content (AvgIpc) is 3.30. The van der Waals surface area contributed by atoms with Gasteiger partial charge in [-0.2, -0.15) is 0 Å². The number of nitrogens with zero attached hydrogens (tertiary/aromatic N) is 1. The Hall–Kier alpha value is -0.860. The van der Waals surface area contributed by atoms with Gasteiger partial charge in [0.15, 0.2) is 0 Å². The highest BCUT2D eigenvalue weighted by molar-refractivity contribution is 5.37. The topological polar surface area (TPSA) is 29.3 Å². The van der Waals surface area contributed by atoms with E-state index in [0.29, 0.717) is 5.41 Å². The quantitative estimate of drug-likeness (QED) is 0.915. The number of hydrogen-bond acceptors (Lipinski definition) is 2. The fraction of sp³-hybridized carbons (Fsp3) is 0.667. The smallest absolute Gasteiger partial charge is 0.0108 e. The van der Waals surface area contributed by atoms with Crippen molar-refractivity contribution in [2.24, 2.45) is 11.7 Å². The molecule has 2 atom stereocenters. The standard InChI is InChI=1S/C18H26N2/c1-13(19)18(8-9-18)16-4-2-14(3-5-16)17-12-20-10-6-15(17)7-11-20/h2-5,13,15,17H,6-12,19H2,1H3. The second-order valence-electron chi connectivity index (χ2n) is 7.31. The third-order valence-electron chi connectivity index (χ3n) is 6.23. The summed E-state index contributed by atoms with van der Waals surface area (Å²) in [6.07, 6.45) is 5.33. The maximum Gasteiger partial charge on any atom is 0.0108 e. The molecule has 2 unspecified atom stereocenters. The lowest BCUT2D eigenvalue weighted by molar-refractivity contribution is 0.0871. The van der Waals surface area contributed by atoms with Crippen molar-refractivity contribution in [3.05, 3.63) is 35.4 Å². The second kappa shape index (κ2) is 4.57. The van der Waals surface area contributed by atoms with Crippen molar-refractivity contribution in [1.29, 1.82) is 0 Å². The van der Waals surface area contributed by atoms with Crippen molar-refractivity contribution >= 4 is 0 Å². The Balaban J connectivity index is 1.56. The Morgan fingerprint density at radius 2 is 1.80 bits per heavy atom. The summed E-state index contributed by atoms with van der Waals surface area (Å²) in [5.41, 5.74) is 9.52. The van der Waals surface area contributed by atoms with Crippen molar-refractivity contribution in [1.82, 2.24) is 4.90 Å². The van der Waals surface area contributed by atoms with Crippen LogP contribution in [0.1, 0.15) is 49.7 Å². The minimum atomic E-state index is 0.283. The monoisotopic (exact) mass is 270 g/mol. The molecule has 2 nitrogen and oxygen atoms in total. The number of piperidine rings is 3. The summed E-state index contributed by atoms with van der Waals surface area (Å²) in [5, 5.41) is 0. The molecule has 1 aromatic carbocycles. The number of nitrogens with two attached hydrogens (primary N) is 1. The van der Waals surface area contributed by atoms with Gasteiger partial charge in [-0.3, -0.25) is 0 Å². The fourth-order valence-electron chi connectivity index (χ4n) is 4.55. The van der Waals surface area contributed by atoms with E-state index in [4.69, 9.17) is 5.73 Å². The molecular formula is C18H26N2. The summed E-state index contributed by atoms with van der Waals surface area (Å²) >= 11 is 0. The van der Waals surface area contributed by atoms with Crippen LogP contribution in [0.25, 0.3) is 0 Å². The molecule has 3 heterocycles. The first-order valence-corrected chi connectivity index (χ1v) is 8.27. The van der Waals surface area contributed by atoms with Gasteiger partial charge >= 0.3 is 0 Å². The van der Waals surface area contributed by atoms with E-state index in [1.807, 2.05) is 0 Å². The van der Waals surface area contributed by atoms with Crippen LogP contribution in [-0.4, -0.2) is 30.6 Å². The van der Waals surface area contributed by atoms with E-state index >= 15 is 0 Å². The second-order valence-corrected chi connectivity index (χ2v) is 7.31. The van der Waals surface area contributed by atoms with Crippen molar-refractivity contribution in [3.8, 4) is 0 Å².